The molecule has 5 nitrogen and oxygen atoms in total. The molecular formula is C19H22F3N3O2. The first-order valence-corrected chi connectivity index (χ1v) is 8.46. The average Bonchev–Trinajstić information content (AvgIpc) is 2.61. The predicted molar refractivity (Wildman–Crippen MR) is 93.6 cm³/mol. The molecule has 0 aromatic heterocycles. The van der Waals surface area contributed by atoms with Crippen LogP contribution in [-0.4, -0.2) is 57.8 Å². The lowest BCUT2D eigenvalue weighted by atomic mass is 9.97. The first-order valence-electron chi connectivity index (χ1n) is 8.46. The van der Waals surface area contributed by atoms with E-state index in [1.165, 1.54) is 4.90 Å². The van der Waals surface area contributed by atoms with Crippen molar-refractivity contribution >= 4 is 5.91 Å². The van der Waals surface area contributed by atoms with E-state index >= 15 is 0 Å². The predicted octanol–water partition coefficient (Wildman–Crippen LogP) is 2.92. The number of hydrogen-bond acceptors (Lipinski definition) is 4. The van der Waals surface area contributed by atoms with Crippen molar-refractivity contribution in [1.29, 1.82) is 5.26 Å². The maximum Gasteiger partial charge on any atom is 0.422 e. The first kappa shape index (κ1) is 20.8. The van der Waals surface area contributed by atoms with Gasteiger partial charge in [-0.25, -0.2) is 0 Å². The number of aliphatic hydroxyl groups is 1. The van der Waals surface area contributed by atoms with Gasteiger partial charge < -0.3 is 14.9 Å². The monoisotopic (exact) mass is 381 g/mol. The summed E-state index contributed by atoms with van der Waals surface area (Å²) in [5, 5.41) is 18.7. The van der Waals surface area contributed by atoms with Crippen molar-refractivity contribution < 1.29 is 23.1 Å². The van der Waals surface area contributed by atoms with Crippen molar-refractivity contribution in [2.24, 2.45) is 0 Å². The SMILES string of the molecule is C=C(N1CC(C)N(C(=O)c2ccc(C#N)cc2)CC1C)C(C)(O)C(F)(F)F. The van der Waals surface area contributed by atoms with Crippen LogP contribution in [0, 0.1) is 11.3 Å². The lowest BCUT2D eigenvalue weighted by Crippen LogP contribution is -2.61. The minimum Gasteiger partial charge on any atom is -0.375 e. The summed E-state index contributed by atoms with van der Waals surface area (Å²) in [7, 11) is 0. The molecule has 3 atom stereocenters. The molecule has 1 fully saturated rings. The molecule has 146 valence electrons. The summed E-state index contributed by atoms with van der Waals surface area (Å²) >= 11 is 0. The third kappa shape index (κ3) is 3.93. The molecule has 1 aliphatic heterocycles. The van der Waals surface area contributed by atoms with E-state index in [0.717, 1.165) is 0 Å². The molecule has 0 aliphatic carbocycles. The summed E-state index contributed by atoms with van der Waals surface area (Å²) in [6.07, 6.45) is -4.84. The maximum atomic E-state index is 13.1. The molecular weight excluding hydrogens is 359 g/mol. The Bertz CT molecular complexity index is 766. The van der Waals surface area contributed by atoms with Crippen LogP contribution in [0.3, 0.4) is 0 Å². The molecule has 1 heterocycles. The van der Waals surface area contributed by atoms with E-state index in [2.05, 4.69) is 6.58 Å². The van der Waals surface area contributed by atoms with Crippen LogP contribution in [0.4, 0.5) is 13.2 Å². The van der Waals surface area contributed by atoms with Crippen molar-refractivity contribution in [2.45, 2.75) is 44.6 Å². The van der Waals surface area contributed by atoms with Crippen LogP contribution in [0.15, 0.2) is 36.5 Å². The number of amides is 1. The van der Waals surface area contributed by atoms with Gasteiger partial charge in [0.15, 0.2) is 5.60 Å². The highest BCUT2D eigenvalue weighted by atomic mass is 19.4. The average molecular weight is 381 g/mol. The Morgan fingerprint density at radius 3 is 2.15 bits per heavy atom. The highest BCUT2D eigenvalue weighted by Crippen LogP contribution is 2.38. The van der Waals surface area contributed by atoms with Crippen molar-refractivity contribution in [2.75, 3.05) is 13.1 Å². The van der Waals surface area contributed by atoms with E-state index in [1.54, 1.807) is 43.0 Å². The van der Waals surface area contributed by atoms with Gasteiger partial charge in [0.1, 0.15) is 0 Å². The number of carbonyl (C=O) groups excluding carboxylic acids is 1. The highest BCUT2D eigenvalue weighted by Gasteiger charge is 2.54. The summed E-state index contributed by atoms with van der Waals surface area (Å²) in [5.41, 5.74) is -2.63. The van der Waals surface area contributed by atoms with Gasteiger partial charge in [-0.1, -0.05) is 6.58 Å². The summed E-state index contributed by atoms with van der Waals surface area (Å²) in [6, 6.07) is 7.33. The Balaban J connectivity index is 2.18. The second-order valence-electron chi connectivity index (χ2n) is 7.01. The zero-order valence-corrected chi connectivity index (χ0v) is 15.4. The molecule has 0 spiro atoms. The zero-order chi connectivity index (χ0) is 20.6. The normalized spacial score (nSPS) is 22.7. The van der Waals surface area contributed by atoms with Gasteiger partial charge in [-0.15, -0.1) is 0 Å². The standard InChI is InChI=1S/C19H22F3N3O2/c1-12-11-25(17(26)16-7-5-15(9-23)6-8-16)13(2)10-24(12)14(3)18(4,27)19(20,21)22/h5-8,12-13,27H,3,10-11H2,1-2,4H3. The van der Waals surface area contributed by atoms with Crippen LogP contribution in [0.2, 0.25) is 0 Å². The van der Waals surface area contributed by atoms with Gasteiger partial charge in [-0.05, 0) is 45.0 Å². The number of alkyl halides is 3. The van der Waals surface area contributed by atoms with Crippen LogP contribution in [0.1, 0.15) is 36.7 Å². The zero-order valence-electron chi connectivity index (χ0n) is 15.4. The molecule has 27 heavy (non-hydrogen) atoms. The van der Waals surface area contributed by atoms with Gasteiger partial charge in [0, 0.05) is 36.4 Å². The van der Waals surface area contributed by atoms with Gasteiger partial charge in [-0.2, -0.15) is 18.4 Å². The first-order chi connectivity index (χ1) is 12.4. The van der Waals surface area contributed by atoms with Crippen LogP contribution in [0.5, 0.6) is 0 Å². The molecule has 3 unspecified atom stereocenters. The smallest absolute Gasteiger partial charge is 0.375 e. The topological polar surface area (TPSA) is 67.6 Å². The third-order valence-corrected chi connectivity index (χ3v) is 4.97. The second-order valence-corrected chi connectivity index (χ2v) is 7.01. The van der Waals surface area contributed by atoms with E-state index in [-0.39, 0.29) is 25.0 Å². The van der Waals surface area contributed by atoms with E-state index in [9.17, 15) is 23.1 Å². The molecule has 1 aliphatic rings. The summed E-state index contributed by atoms with van der Waals surface area (Å²) in [5.74, 6) is -0.258. The van der Waals surface area contributed by atoms with Gasteiger partial charge in [0.25, 0.3) is 5.91 Å². The number of carbonyl (C=O) groups is 1. The van der Waals surface area contributed by atoms with Crippen LogP contribution in [-0.2, 0) is 0 Å². The molecule has 2 rings (SSSR count). The molecule has 0 saturated carbocycles. The second kappa shape index (κ2) is 7.24. The number of nitriles is 1. The van der Waals surface area contributed by atoms with Crippen molar-refractivity contribution in [1.82, 2.24) is 9.80 Å². The van der Waals surface area contributed by atoms with Crippen LogP contribution < -0.4 is 0 Å². The molecule has 0 radical (unpaired) electrons. The minimum atomic E-state index is -4.84. The Morgan fingerprint density at radius 1 is 1.19 bits per heavy atom. The van der Waals surface area contributed by atoms with E-state index in [1.807, 2.05) is 6.07 Å². The minimum absolute atomic E-state index is 0.119. The molecule has 1 N–H and O–H groups in total. The Morgan fingerprint density at radius 2 is 1.67 bits per heavy atom. The molecule has 1 aromatic carbocycles. The summed E-state index contributed by atoms with van der Waals surface area (Å²) in [6.45, 7) is 7.87. The van der Waals surface area contributed by atoms with Gasteiger partial charge in [0.2, 0.25) is 0 Å². The van der Waals surface area contributed by atoms with E-state index < -0.39 is 23.5 Å². The number of rotatable bonds is 3. The lowest BCUT2D eigenvalue weighted by Gasteiger charge is -2.48. The molecule has 1 aromatic rings. The van der Waals surface area contributed by atoms with Crippen LogP contribution in [0.25, 0.3) is 0 Å². The quantitative estimate of drug-likeness (QED) is 0.874. The Kier molecular flexibility index (Phi) is 5.57. The third-order valence-electron chi connectivity index (χ3n) is 4.97. The molecule has 1 amide bonds. The highest BCUT2D eigenvalue weighted by molar-refractivity contribution is 5.94. The summed E-state index contributed by atoms with van der Waals surface area (Å²) < 4.78 is 39.4. The van der Waals surface area contributed by atoms with Crippen LogP contribution >= 0.6 is 0 Å². The number of benzene rings is 1. The van der Waals surface area contributed by atoms with E-state index in [0.29, 0.717) is 18.1 Å². The molecule has 8 heteroatoms. The Labute approximate surface area is 156 Å². The Hall–Kier alpha value is -2.53. The maximum absolute atomic E-state index is 13.1. The lowest BCUT2D eigenvalue weighted by molar-refractivity contribution is -0.244. The fraction of sp³-hybridized carbons (Fsp3) is 0.474. The molecule has 1 saturated heterocycles. The number of piperazine rings is 1. The van der Waals surface area contributed by atoms with Crippen molar-refractivity contribution in [3.05, 3.63) is 47.7 Å². The van der Waals surface area contributed by atoms with Crippen molar-refractivity contribution in [3.63, 3.8) is 0 Å². The van der Waals surface area contributed by atoms with Crippen molar-refractivity contribution in [3.8, 4) is 6.07 Å². The van der Waals surface area contributed by atoms with Gasteiger partial charge >= 0.3 is 6.18 Å². The fourth-order valence-corrected chi connectivity index (χ4v) is 3.08. The number of halogens is 3. The fourth-order valence-electron chi connectivity index (χ4n) is 3.08. The van der Waals surface area contributed by atoms with Gasteiger partial charge in [-0.3, -0.25) is 4.79 Å². The number of nitrogens with zero attached hydrogens (tertiary/aromatic N) is 3. The summed E-state index contributed by atoms with van der Waals surface area (Å²) in [4.78, 5) is 15.7. The largest absolute Gasteiger partial charge is 0.422 e. The van der Waals surface area contributed by atoms with Gasteiger partial charge in [0.05, 0.1) is 11.6 Å². The van der Waals surface area contributed by atoms with E-state index in [4.69, 9.17) is 5.26 Å². The molecule has 0 bridgehead atoms. The number of hydrogen-bond donors (Lipinski definition) is 1.